The average molecular weight is 400 g/mol. The van der Waals surface area contributed by atoms with E-state index in [9.17, 15) is 19.2 Å². The van der Waals surface area contributed by atoms with Crippen LogP contribution in [0, 0.1) is 10.8 Å². The average Bonchev–Trinajstić information content (AvgIpc) is 2.52. The van der Waals surface area contributed by atoms with Gasteiger partial charge in [-0.05, 0) is 43.9 Å². The molecule has 10 nitrogen and oxygen atoms in total. The maximum Gasteiger partial charge on any atom is 0.404 e. The number of primary amides is 2. The van der Waals surface area contributed by atoms with Gasteiger partial charge in [-0.3, -0.25) is 0 Å². The Morgan fingerprint density at radius 3 is 1.82 bits per heavy atom. The van der Waals surface area contributed by atoms with Crippen LogP contribution >= 0.6 is 0 Å². The molecule has 4 N–H and O–H groups in total. The molecule has 0 aromatic carbocycles. The summed E-state index contributed by atoms with van der Waals surface area (Å²) in [4.78, 5) is 47.2. The third-order valence-electron chi connectivity index (χ3n) is 3.76. The first-order valence-corrected chi connectivity index (χ1v) is 8.90. The zero-order valence-electron chi connectivity index (χ0n) is 17.3. The van der Waals surface area contributed by atoms with Crippen molar-refractivity contribution in [3.8, 4) is 0 Å². The fourth-order valence-electron chi connectivity index (χ4n) is 3.37. The van der Waals surface area contributed by atoms with E-state index in [2.05, 4.69) is 51.7 Å². The number of nitrogens with zero attached hydrogens (tertiary/aromatic N) is 2. The minimum atomic E-state index is -0.711. The fourth-order valence-corrected chi connectivity index (χ4v) is 3.37. The van der Waals surface area contributed by atoms with Crippen LogP contribution < -0.4 is 11.5 Å². The largest absolute Gasteiger partial charge is 0.450 e. The molecule has 0 heterocycles. The lowest BCUT2D eigenvalue weighted by Gasteiger charge is -2.44. The molecule has 0 aliphatic heterocycles. The normalized spacial score (nSPS) is 21.7. The highest BCUT2D eigenvalue weighted by Crippen LogP contribution is 2.47. The van der Waals surface area contributed by atoms with Crippen molar-refractivity contribution in [2.45, 2.75) is 59.9 Å². The second-order valence-electron chi connectivity index (χ2n) is 7.35. The first kappa shape index (κ1) is 27.5. The molecule has 1 saturated carbocycles. The second-order valence-corrected chi connectivity index (χ2v) is 7.35. The van der Waals surface area contributed by atoms with Crippen LogP contribution in [0.2, 0.25) is 0 Å². The first-order valence-electron chi connectivity index (χ1n) is 8.90. The summed E-state index contributed by atoms with van der Waals surface area (Å²) in [5.74, 6) is 0. The highest BCUT2D eigenvalue weighted by atomic mass is 16.5. The Labute approximate surface area is 165 Å². The minimum Gasteiger partial charge on any atom is -0.450 e. The Bertz CT molecular complexity index is 567. The minimum absolute atomic E-state index is 0.00750. The smallest absolute Gasteiger partial charge is 0.404 e. The van der Waals surface area contributed by atoms with E-state index in [0.29, 0.717) is 19.8 Å². The number of ether oxygens (including phenoxy) is 2. The number of nitrogens with two attached hydrogens (primary N) is 2. The number of isocyanates is 2. The number of carbonyl (C=O) groups is 2. The Hall–Kier alpha value is -2.70. The molecular formula is C18H32N4O6. The molecule has 1 aliphatic carbocycles. The van der Waals surface area contributed by atoms with Crippen LogP contribution in [-0.4, -0.2) is 50.1 Å². The van der Waals surface area contributed by atoms with Crippen molar-refractivity contribution in [2.75, 3.05) is 19.8 Å². The molecule has 0 radical (unpaired) electrons. The van der Waals surface area contributed by atoms with Crippen molar-refractivity contribution in [3.63, 3.8) is 0 Å². The number of hydrogen-bond donors (Lipinski definition) is 2. The molecule has 2 amide bonds. The van der Waals surface area contributed by atoms with Crippen molar-refractivity contribution in [3.05, 3.63) is 0 Å². The van der Waals surface area contributed by atoms with E-state index in [1.54, 1.807) is 26.0 Å². The summed E-state index contributed by atoms with van der Waals surface area (Å²) >= 11 is 0. The quantitative estimate of drug-likeness (QED) is 0.531. The molecule has 1 aliphatic rings. The highest BCUT2D eigenvalue weighted by molar-refractivity contribution is 5.64. The summed E-state index contributed by atoms with van der Waals surface area (Å²) in [6, 6.07) is 0.00750. The number of amides is 2. The van der Waals surface area contributed by atoms with E-state index in [1.807, 2.05) is 0 Å². The van der Waals surface area contributed by atoms with Crippen LogP contribution in [0.1, 0.15) is 53.9 Å². The number of aliphatic imine (C=N–C) groups is 2. The van der Waals surface area contributed by atoms with Crippen LogP contribution in [0.5, 0.6) is 0 Å². The van der Waals surface area contributed by atoms with Crippen LogP contribution in [0.15, 0.2) is 9.98 Å². The topological polar surface area (TPSA) is 164 Å². The van der Waals surface area contributed by atoms with E-state index in [4.69, 9.17) is 0 Å². The highest BCUT2D eigenvalue weighted by Gasteiger charge is 2.41. The summed E-state index contributed by atoms with van der Waals surface area (Å²) in [7, 11) is 0. The van der Waals surface area contributed by atoms with Crippen molar-refractivity contribution in [1.29, 1.82) is 0 Å². The number of rotatable bonds is 5. The molecule has 10 heteroatoms. The maximum absolute atomic E-state index is 10.3. The van der Waals surface area contributed by atoms with Gasteiger partial charge in [-0.25, -0.2) is 29.2 Å². The summed E-state index contributed by atoms with van der Waals surface area (Å²) in [6.45, 7) is 11.0. The zero-order chi connectivity index (χ0) is 22.2. The molecule has 0 aromatic rings. The summed E-state index contributed by atoms with van der Waals surface area (Å²) in [6.07, 6.45) is 4.46. The summed E-state index contributed by atoms with van der Waals surface area (Å²) in [5, 5.41) is 0. The molecule has 0 aromatic heterocycles. The van der Waals surface area contributed by atoms with Crippen LogP contribution in [0.3, 0.4) is 0 Å². The molecule has 1 fully saturated rings. The number of hydrogen-bond acceptors (Lipinski definition) is 8. The maximum atomic E-state index is 10.3. The van der Waals surface area contributed by atoms with Crippen molar-refractivity contribution in [2.24, 2.45) is 32.3 Å². The van der Waals surface area contributed by atoms with E-state index < -0.39 is 12.2 Å². The van der Waals surface area contributed by atoms with E-state index in [-0.39, 0.29) is 16.9 Å². The van der Waals surface area contributed by atoms with Gasteiger partial charge in [0.2, 0.25) is 12.2 Å². The molecule has 160 valence electrons. The van der Waals surface area contributed by atoms with E-state index in [1.165, 1.54) is 0 Å². The van der Waals surface area contributed by atoms with Gasteiger partial charge >= 0.3 is 12.2 Å². The van der Waals surface area contributed by atoms with Crippen LogP contribution in [0.25, 0.3) is 0 Å². The molecule has 2 unspecified atom stereocenters. The Balaban J connectivity index is 0. The van der Waals surface area contributed by atoms with Crippen LogP contribution in [0.4, 0.5) is 9.59 Å². The fraction of sp³-hybridized carbons (Fsp3) is 0.778. The summed E-state index contributed by atoms with van der Waals surface area (Å²) < 4.78 is 8.36. The lowest BCUT2D eigenvalue weighted by Crippen LogP contribution is -2.39. The van der Waals surface area contributed by atoms with Gasteiger partial charge in [0, 0.05) is 0 Å². The molecule has 2 atom stereocenters. The van der Waals surface area contributed by atoms with E-state index >= 15 is 0 Å². The van der Waals surface area contributed by atoms with Gasteiger partial charge in [0.05, 0.1) is 25.8 Å². The third kappa shape index (κ3) is 15.5. The van der Waals surface area contributed by atoms with Gasteiger partial charge in [-0.1, -0.05) is 20.8 Å². The lowest BCUT2D eigenvalue weighted by atomic mass is 9.63. The monoisotopic (exact) mass is 400 g/mol. The predicted octanol–water partition coefficient (Wildman–Crippen LogP) is 2.45. The SMILES string of the molecule is CC1(C)CC(N=C=O)CC(C)(CN=C=O)C1.CCOC(N)=O.CCOC(N)=O. The van der Waals surface area contributed by atoms with Crippen molar-refractivity contribution >= 4 is 24.3 Å². The van der Waals surface area contributed by atoms with Gasteiger partial charge in [0.15, 0.2) is 0 Å². The molecular weight excluding hydrogens is 368 g/mol. The van der Waals surface area contributed by atoms with Crippen molar-refractivity contribution < 1.29 is 28.7 Å². The second kappa shape index (κ2) is 14.4. The molecule has 28 heavy (non-hydrogen) atoms. The molecule has 0 saturated heterocycles. The Morgan fingerprint density at radius 2 is 1.50 bits per heavy atom. The molecule has 0 spiro atoms. The predicted molar refractivity (Wildman–Crippen MR) is 103 cm³/mol. The zero-order valence-corrected chi connectivity index (χ0v) is 17.3. The standard InChI is InChI=1S/C12H18N2O2.2C3H7NO2/c1-11(2)4-10(14-9-16)5-12(3,6-11)7-13-8-15;2*1-2-6-3(4)5/h10H,4-7H2,1-3H3;2*2H2,1H3,(H2,4,5). The number of carbonyl (C=O) groups excluding carboxylic acids is 4. The summed E-state index contributed by atoms with van der Waals surface area (Å²) in [5.41, 5.74) is 9.14. The van der Waals surface area contributed by atoms with Gasteiger partial charge in [-0.15, -0.1) is 0 Å². The third-order valence-corrected chi connectivity index (χ3v) is 3.76. The lowest BCUT2D eigenvalue weighted by molar-refractivity contribution is 0.0915. The Kier molecular flexibility index (Phi) is 14.1. The van der Waals surface area contributed by atoms with Gasteiger partial charge in [0.1, 0.15) is 0 Å². The molecule has 1 rings (SSSR count). The van der Waals surface area contributed by atoms with Gasteiger partial charge < -0.3 is 20.9 Å². The first-order chi connectivity index (χ1) is 12.9. The van der Waals surface area contributed by atoms with Gasteiger partial charge in [-0.2, -0.15) is 0 Å². The van der Waals surface area contributed by atoms with E-state index in [0.717, 1.165) is 19.3 Å². The van der Waals surface area contributed by atoms with Crippen molar-refractivity contribution in [1.82, 2.24) is 0 Å². The Morgan fingerprint density at radius 1 is 1.00 bits per heavy atom. The molecule has 0 bridgehead atoms. The van der Waals surface area contributed by atoms with Gasteiger partial charge in [0.25, 0.3) is 0 Å². The van der Waals surface area contributed by atoms with Crippen LogP contribution in [-0.2, 0) is 19.1 Å².